The van der Waals surface area contributed by atoms with E-state index in [0.717, 1.165) is 50.0 Å². The second-order valence-electron chi connectivity index (χ2n) is 6.32. The molecular weight excluding hydrogens is 267 g/mol. The van der Waals surface area contributed by atoms with Gasteiger partial charge in [-0.05, 0) is 42.7 Å². The van der Waals surface area contributed by atoms with Crippen molar-refractivity contribution in [3.8, 4) is 0 Å². The predicted molar refractivity (Wildman–Crippen MR) is 82.6 cm³/mol. The van der Waals surface area contributed by atoms with Crippen LogP contribution in [0.2, 0.25) is 0 Å². The lowest BCUT2D eigenvalue weighted by molar-refractivity contribution is -0.296. The lowest BCUT2D eigenvalue weighted by Crippen LogP contribution is -2.22. The summed E-state index contributed by atoms with van der Waals surface area (Å²) >= 11 is 0. The van der Waals surface area contributed by atoms with Crippen molar-refractivity contribution in [1.29, 1.82) is 0 Å². The molecule has 1 aliphatic carbocycles. The molecule has 0 radical (unpaired) electrons. The zero-order valence-electron chi connectivity index (χ0n) is 13.1. The molecule has 0 heterocycles. The van der Waals surface area contributed by atoms with Gasteiger partial charge in [-0.25, -0.2) is 9.28 Å². The molecule has 1 aliphatic rings. The second kappa shape index (κ2) is 7.90. The normalized spacial score (nSPS) is 24.0. The maximum Gasteiger partial charge on any atom is 0.129 e. The van der Waals surface area contributed by atoms with E-state index in [1.807, 2.05) is 6.07 Å². The molecule has 2 nitrogen and oxygen atoms in total. The molecular formula is C18H27FO2. The van der Waals surface area contributed by atoms with E-state index >= 15 is 0 Å². The van der Waals surface area contributed by atoms with Gasteiger partial charge in [-0.1, -0.05) is 51.7 Å². The molecule has 1 N–H and O–H groups in total. The first-order valence-corrected chi connectivity index (χ1v) is 8.28. The first-order chi connectivity index (χ1) is 10.2. The van der Waals surface area contributed by atoms with Gasteiger partial charge < -0.3 is 0 Å². The van der Waals surface area contributed by atoms with Gasteiger partial charge in [0, 0.05) is 5.56 Å². The van der Waals surface area contributed by atoms with Crippen molar-refractivity contribution >= 4 is 0 Å². The van der Waals surface area contributed by atoms with Gasteiger partial charge in [-0.3, -0.25) is 5.26 Å². The van der Waals surface area contributed by atoms with Crippen molar-refractivity contribution < 1.29 is 14.5 Å². The summed E-state index contributed by atoms with van der Waals surface area (Å²) in [6.45, 7) is 4.30. The highest BCUT2D eigenvalue weighted by molar-refractivity contribution is 5.27. The molecule has 0 aliphatic heterocycles. The Kier molecular flexibility index (Phi) is 6.19. The first-order valence-electron chi connectivity index (χ1n) is 8.28. The smallest absolute Gasteiger partial charge is 0.129 e. The quantitative estimate of drug-likeness (QED) is 0.552. The van der Waals surface area contributed by atoms with Gasteiger partial charge in [-0.15, -0.1) is 0 Å². The van der Waals surface area contributed by atoms with E-state index in [4.69, 9.17) is 0 Å². The predicted octanol–water partition coefficient (Wildman–Crippen LogP) is 5.53. The largest absolute Gasteiger partial charge is 0.251 e. The summed E-state index contributed by atoms with van der Waals surface area (Å²) in [5, 5.41) is 9.29. The highest BCUT2D eigenvalue weighted by atomic mass is 19.1. The van der Waals surface area contributed by atoms with Crippen LogP contribution in [0.3, 0.4) is 0 Å². The molecule has 0 bridgehead atoms. The summed E-state index contributed by atoms with van der Waals surface area (Å²) in [6.07, 6.45) is 6.85. The fourth-order valence-electron chi connectivity index (χ4n) is 3.54. The van der Waals surface area contributed by atoms with Crippen LogP contribution in [0.25, 0.3) is 0 Å². The number of hydrogen-bond donors (Lipinski definition) is 1. The lowest BCUT2D eigenvalue weighted by atomic mass is 9.77. The Bertz CT molecular complexity index is 439. The van der Waals surface area contributed by atoms with E-state index in [1.54, 1.807) is 12.1 Å². The van der Waals surface area contributed by atoms with Crippen molar-refractivity contribution in [3.63, 3.8) is 0 Å². The summed E-state index contributed by atoms with van der Waals surface area (Å²) in [4.78, 5) is 4.69. The Morgan fingerprint density at radius 1 is 1.24 bits per heavy atom. The molecule has 0 spiro atoms. The number of benzene rings is 1. The molecule has 2 rings (SSSR count). The fraction of sp³-hybridized carbons (Fsp3) is 0.667. The minimum absolute atomic E-state index is 0.212. The Morgan fingerprint density at radius 2 is 1.95 bits per heavy atom. The molecule has 21 heavy (non-hydrogen) atoms. The maximum atomic E-state index is 14.3. The summed E-state index contributed by atoms with van der Waals surface area (Å²) in [5.74, 6) is 0.735. The molecule has 118 valence electrons. The Labute approximate surface area is 127 Å². The second-order valence-corrected chi connectivity index (χ2v) is 6.32. The SMILES string of the molecule is CCCc1ccc(C(OO)C2CCC(CC)CC2)c(F)c1. The summed E-state index contributed by atoms with van der Waals surface area (Å²) in [5.41, 5.74) is 1.50. The third-order valence-corrected chi connectivity index (χ3v) is 4.92. The van der Waals surface area contributed by atoms with Crippen LogP contribution in [0.1, 0.15) is 69.6 Å². The van der Waals surface area contributed by atoms with E-state index < -0.39 is 6.10 Å². The van der Waals surface area contributed by atoms with Crippen molar-refractivity contribution in [3.05, 3.63) is 35.1 Å². The number of hydrogen-bond acceptors (Lipinski definition) is 2. The number of rotatable bonds is 6. The molecule has 0 aromatic heterocycles. The molecule has 1 aromatic rings. The lowest BCUT2D eigenvalue weighted by Gasteiger charge is -2.32. The van der Waals surface area contributed by atoms with E-state index in [2.05, 4.69) is 18.7 Å². The molecule has 1 fully saturated rings. The topological polar surface area (TPSA) is 29.5 Å². The van der Waals surface area contributed by atoms with Crippen LogP contribution in [0, 0.1) is 17.7 Å². The summed E-state index contributed by atoms with van der Waals surface area (Å²) in [6, 6.07) is 5.32. The Morgan fingerprint density at radius 3 is 2.48 bits per heavy atom. The van der Waals surface area contributed by atoms with Crippen LogP contribution >= 0.6 is 0 Å². The number of halogens is 1. The third kappa shape index (κ3) is 4.04. The minimum atomic E-state index is -0.529. The molecule has 1 aromatic carbocycles. The van der Waals surface area contributed by atoms with Crippen molar-refractivity contribution in [2.45, 2.75) is 64.9 Å². The molecule has 1 saturated carbocycles. The average molecular weight is 294 g/mol. The van der Waals surface area contributed by atoms with Crippen molar-refractivity contribution in [2.24, 2.45) is 11.8 Å². The average Bonchev–Trinajstić information content (AvgIpc) is 2.51. The van der Waals surface area contributed by atoms with E-state index in [9.17, 15) is 9.65 Å². The zero-order chi connectivity index (χ0) is 15.2. The molecule has 1 atom stereocenters. The summed E-state index contributed by atoms with van der Waals surface area (Å²) in [7, 11) is 0. The van der Waals surface area contributed by atoms with Crippen molar-refractivity contribution in [1.82, 2.24) is 0 Å². The zero-order valence-corrected chi connectivity index (χ0v) is 13.1. The molecule has 0 amide bonds. The highest BCUT2D eigenvalue weighted by Gasteiger charge is 2.30. The van der Waals surface area contributed by atoms with Gasteiger partial charge in [0.05, 0.1) is 0 Å². The molecule has 1 unspecified atom stereocenters. The van der Waals surface area contributed by atoms with Crippen LogP contribution in [-0.2, 0) is 11.3 Å². The van der Waals surface area contributed by atoms with Gasteiger partial charge in [0.2, 0.25) is 0 Å². The summed E-state index contributed by atoms with van der Waals surface area (Å²) < 4.78 is 14.3. The van der Waals surface area contributed by atoms with E-state index in [0.29, 0.717) is 5.56 Å². The van der Waals surface area contributed by atoms with Gasteiger partial charge in [-0.2, -0.15) is 0 Å². The molecule has 0 saturated heterocycles. The Hall–Kier alpha value is -0.930. The van der Waals surface area contributed by atoms with Gasteiger partial charge >= 0.3 is 0 Å². The highest BCUT2D eigenvalue weighted by Crippen LogP contribution is 2.40. The van der Waals surface area contributed by atoms with Gasteiger partial charge in [0.15, 0.2) is 0 Å². The standard InChI is InChI=1S/C18H27FO2/c1-3-5-14-8-11-16(17(19)12-14)18(21-20)15-9-6-13(4-2)7-10-15/h8,11-13,15,18,20H,3-7,9-10H2,1-2H3. The number of aryl methyl sites for hydroxylation is 1. The van der Waals surface area contributed by atoms with Crippen LogP contribution in [0.5, 0.6) is 0 Å². The van der Waals surface area contributed by atoms with E-state index in [1.165, 1.54) is 6.42 Å². The fourth-order valence-corrected chi connectivity index (χ4v) is 3.54. The minimum Gasteiger partial charge on any atom is -0.251 e. The van der Waals surface area contributed by atoms with Crippen LogP contribution < -0.4 is 0 Å². The van der Waals surface area contributed by atoms with Crippen LogP contribution in [0.15, 0.2) is 18.2 Å². The Balaban J connectivity index is 2.10. The van der Waals surface area contributed by atoms with E-state index in [-0.39, 0.29) is 11.7 Å². The van der Waals surface area contributed by atoms with Crippen LogP contribution in [-0.4, -0.2) is 5.26 Å². The first kappa shape index (κ1) is 16.4. The van der Waals surface area contributed by atoms with Crippen LogP contribution in [0.4, 0.5) is 4.39 Å². The third-order valence-electron chi connectivity index (χ3n) is 4.92. The monoisotopic (exact) mass is 294 g/mol. The van der Waals surface area contributed by atoms with Gasteiger partial charge in [0.1, 0.15) is 11.9 Å². The van der Waals surface area contributed by atoms with Crippen molar-refractivity contribution in [2.75, 3.05) is 0 Å². The maximum absolute atomic E-state index is 14.3. The molecule has 3 heteroatoms. The van der Waals surface area contributed by atoms with Gasteiger partial charge in [0.25, 0.3) is 0 Å².